The van der Waals surface area contributed by atoms with Crippen molar-refractivity contribution in [1.29, 1.82) is 0 Å². The van der Waals surface area contributed by atoms with Gasteiger partial charge in [-0.05, 0) is 24.6 Å². The highest BCUT2D eigenvalue weighted by Crippen LogP contribution is 2.39. The van der Waals surface area contributed by atoms with Crippen LogP contribution in [0.3, 0.4) is 0 Å². The van der Waals surface area contributed by atoms with Gasteiger partial charge in [0, 0.05) is 6.00 Å². The molecule has 1 saturated heterocycles. The predicted molar refractivity (Wildman–Crippen MR) is 84.7 cm³/mol. The van der Waals surface area contributed by atoms with Crippen molar-refractivity contribution >= 4 is 26.3 Å². The second-order valence-electron chi connectivity index (χ2n) is 7.13. The summed E-state index contributed by atoms with van der Waals surface area (Å²) in [6.07, 6.45) is 1.43. The van der Waals surface area contributed by atoms with Crippen LogP contribution in [0.15, 0.2) is 0 Å². The summed E-state index contributed by atoms with van der Waals surface area (Å²) in [5.41, 5.74) is 0. The van der Waals surface area contributed by atoms with Gasteiger partial charge in [0.25, 0.3) is 10.1 Å². The molecule has 0 amide bonds. The summed E-state index contributed by atoms with van der Waals surface area (Å²) >= 11 is 0. The molecule has 0 N–H and O–H groups in total. The summed E-state index contributed by atoms with van der Waals surface area (Å²) < 4.78 is 39.2. The minimum Gasteiger partial charge on any atom is -0.411 e. The third-order valence-corrected chi connectivity index (χ3v) is 9.15. The normalized spacial score (nSPS) is 28.8. The minimum atomic E-state index is -3.45. The second-order valence-corrected chi connectivity index (χ2v) is 13.5. The Hall–Kier alpha value is 0.112. The van der Waals surface area contributed by atoms with Crippen LogP contribution in [0.2, 0.25) is 18.1 Å². The minimum absolute atomic E-state index is 0.0302. The van der Waals surface area contributed by atoms with E-state index >= 15 is 0 Å². The first kappa shape index (κ1) is 18.2. The van der Waals surface area contributed by atoms with Crippen molar-refractivity contribution in [3.63, 3.8) is 0 Å². The topological polar surface area (TPSA) is 61.8 Å². The summed E-state index contributed by atoms with van der Waals surface area (Å²) in [7, 11) is -3.38. The van der Waals surface area contributed by atoms with E-state index in [0.717, 1.165) is 12.7 Å². The molecule has 1 aliphatic heterocycles. The highest BCUT2D eigenvalue weighted by atomic mass is 32.2. The number of hydrogen-bond donors (Lipinski definition) is 0. The lowest BCUT2D eigenvalue weighted by Crippen LogP contribution is -2.46. The maximum atomic E-state index is 11.1. The average Bonchev–Trinajstić information content (AvgIpc) is 2.52. The molecule has 1 heterocycles. The lowest BCUT2D eigenvalue weighted by molar-refractivity contribution is 0.00832. The zero-order chi connectivity index (χ0) is 15.8. The van der Waals surface area contributed by atoms with Gasteiger partial charge in [-0.2, -0.15) is 8.42 Å². The van der Waals surface area contributed by atoms with Gasteiger partial charge in [-0.25, -0.2) is 0 Å². The van der Waals surface area contributed by atoms with E-state index in [1.54, 1.807) is 0 Å². The Morgan fingerprint density at radius 3 is 2.35 bits per heavy atom. The van der Waals surface area contributed by atoms with Crippen LogP contribution in [-0.2, 0) is 23.5 Å². The Balaban J connectivity index is 2.72. The van der Waals surface area contributed by atoms with Crippen LogP contribution in [0.1, 0.15) is 27.2 Å². The van der Waals surface area contributed by atoms with Crippen molar-refractivity contribution in [2.24, 2.45) is 0 Å². The van der Waals surface area contributed by atoms with E-state index in [0.29, 0.717) is 0 Å². The summed E-state index contributed by atoms with van der Waals surface area (Å²) in [4.78, 5) is 0. The Morgan fingerprint density at radius 1 is 1.35 bits per heavy atom. The fourth-order valence-electron chi connectivity index (χ4n) is 1.94. The molecule has 0 saturated carbocycles. The summed E-state index contributed by atoms with van der Waals surface area (Å²) in [5.74, 6) is 0. The standard InChI is InChI=1S/C12H27BO5SSi/c1-12(2,3)20(5,6)18-9-7-11(13)17-10(9)8-16-19(4,14)15/h9-11H,7-8,13H2,1-6H3/t9?,10-,11-/m1/s1. The molecule has 1 fully saturated rings. The van der Waals surface area contributed by atoms with Crippen LogP contribution in [0.4, 0.5) is 0 Å². The average molecular weight is 322 g/mol. The molecular formula is C12H27BO5SSi. The van der Waals surface area contributed by atoms with Gasteiger partial charge < -0.3 is 9.16 Å². The van der Waals surface area contributed by atoms with E-state index in [-0.39, 0.29) is 29.9 Å². The SMILES string of the molecule is B[C@H]1CC(O[Si](C)(C)C(C)(C)C)[C@@H](COS(C)(=O)=O)O1. The maximum absolute atomic E-state index is 11.1. The van der Waals surface area contributed by atoms with Crippen LogP contribution in [0.5, 0.6) is 0 Å². The van der Waals surface area contributed by atoms with Crippen molar-refractivity contribution in [3.8, 4) is 0 Å². The van der Waals surface area contributed by atoms with Gasteiger partial charge in [-0.15, -0.1) is 0 Å². The third kappa shape index (κ3) is 5.14. The number of rotatable bonds is 5. The van der Waals surface area contributed by atoms with Gasteiger partial charge in [0.2, 0.25) is 0 Å². The van der Waals surface area contributed by atoms with Crippen molar-refractivity contribution in [3.05, 3.63) is 0 Å². The van der Waals surface area contributed by atoms with E-state index in [9.17, 15) is 8.42 Å². The molecule has 1 unspecified atom stereocenters. The first-order chi connectivity index (χ1) is 8.82. The van der Waals surface area contributed by atoms with Gasteiger partial charge in [-0.1, -0.05) is 20.8 Å². The van der Waals surface area contributed by atoms with Crippen molar-refractivity contribution in [2.75, 3.05) is 12.9 Å². The van der Waals surface area contributed by atoms with Crippen LogP contribution >= 0.6 is 0 Å². The molecule has 0 aliphatic carbocycles. The number of ether oxygens (including phenoxy) is 1. The van der Waals surface area contributed by atoms with Gasteiger partial charge >= 0.3 is 0 Å². The van der Waals surface area contributed by atoms with Crippen molar-refractivity contribution in [2.45, 2.75) is 63.5 Å². The Bertz CT molecular complexity index is 432. The van der Waals surface area contributed by atoms with Gasteiger partial charge in [0.1, 0.15) is 14.0 Å². The third-order valence-electron chi connectivity index (χ3n) is 4.08. The summed E-state index contributed by atoms with van der Waals surface area (Å²) in [5, 5.41) is 0.112. The Morgan fingerprint density at radius 2 is 1.90 bits per heavy atom. The predicted octanol–water partition coefficient (Wildman–Crippen LogP) is 1.10. The molecule has 0 aromatic carbocycles. The number of hydrogen-bond acceptors (Lipinski definition) is 5. The molecule has 1 rings (SSSR count). The molecule has 1 aliphatic rings. The largest absolute Gasteiger partial charge is 0.411 e. The molecule has 0 spiro atoms. The fraction of sp³-hybridized carbons (Fsp3) is 1.00. The van der Waals surface area contributed by atoms with E-state index in [2.05, 4.69) is 33.9 Å². The molecule has 8 heteroatoms. The van der Waals surface area contributed by atoms with Gasteiger partial charge in [-0.3, -0.25) is 4.18 Å². The lowest BCUT2D eigenvalue weighted by atomic mass is 9.96. The van der Waals surface area contributed by atoms with E-state index in [1.165, 1.54) is 0 Å². The molecular weight excluding hydrogens is 295 g/mol. The summed E-state index contributed by atoms with van der Waals surface area (Å²) in [6.45, 7) is 10.9. The molecule has 118 valence electrons. The Labute approximate surface area is 125 Å². The molecule has 0 bridgehead atoms. The van der Waals surface area contributed by atoms with Crippen molar-refractivity contribution < 1.29 is 21.8 Å². The molecule has 3 atom stereocenters. The van der Waals surface area contributed by atoms with Crippen LogP contribution in [0, 0.1) is 0 Å². The highest BCUT2D eigenvalue weighted by molar-refractivity contribution is 7.85. The lowest BCUT2D eigenvalue weighted by Gasteiger charge is -2.39. The first-order valence-corrected chi connectivity index (χ1v) is 11.7. The quantitative estimate of drug-likeness (QED) is 0.560. The first-order valence-electron chi connectivity index (χ1n) is 6.99. The van der Waals surface area contributed by atoms with E-state index in [1.807, 2.05) is 7.85 Å². The van der Waals surface area contributed by atoms with Crippen LogP contribution < -0.4 is 0 Å². The smallest absolute Gasteiger partial charge is 0.264 e. The molecule has 0 aromatic heterocycles. The molecule has 20 heavy (non-hydrogen) atoms. The van der Waals surface area contributed by atoms with E-state index in [4.69, 9.17) is 13.3 Å². The second kappa shape index (κ2) is 6.08. The van der Waals surface area contributed by atoms with E-state index < -0.39 is 18.4 Å². The van der Waals surface area contributed by atoms with Crippen molar-refractivity contribution in [1.82, 2.24) is 0 Å². The van der Waals surface area contributed by atoms with Gasteiger partial charge in [0.05, 0.1) is 19.0 Å². The molecule has 0 aromatic rings. The highest BCUT2D eigenvalue weighted by Gasteiger charge is 2.44. The summed E-state index contributed by atoms with van der Waals surface area (Å²) in [6, 6.07) is 0.0675. The Kier molecular flexibility index (Phi) is 5.52. The fourth-order valence-corrected chi connectivity index (χ4v) is 3.68. The van der Waals surface area contributed by atoms with Gasteiger partial charge in [0.15, 0.2) is 8.32 Å². The molecule has 0 radical (unpaired) electrons. The zero-order valence-electron chi connectivity index (χ0n) is 13.6. The van der Waals surface area contributed by atoms with Crippen LogP contribution in [-0.4, -0.2) is 55.7 Å². The van der Waals surface area contributed by atoms with Crippen LogP contribution in [0.25, 0.3) is 0 Å². The monoisotopic (exact) mass is 322 g/mol. The zero-order valence-corrected chi connectivity index (χ0v) is 15.4. The molecule has 5 nitrogen and oxygen atoms in total. The maximum Gasteiger partial charge on any atom is 0.264 e.